The van der Waals surface area contributed by atoms with E-state index < -0.39 is 0 Å². The maximum Gasteiger partial charge on any atom is 0.270 e. The topological polar surface area (TPSA) is 54.0 Å². The molecule has 0 unspecified atom stereocenters. The number of hydrogen-bond donors (Lipinski definition) is 2. The summed E-state index contributed by atoms with van der Waals surface area (Å²) >= 11 is 0. The largest absolute Gasteiger partial charge is 0.354 e. The van der Waals surface area contributed by atoms with Crippen molar-refractivity contribution < 1.29 is 4.79 Å². The Hall–Kier alpha value is -2.36. The molecule has 1 aliphatic carbocycles. The predicted molar refractivity (Wildman–Crippen MR) is 97.8 cm³/mol. The first-order chi connectivity index (χ1) is 11.6. The molecular weight excluding hydrogens is 298 g/mol. The molecule has 24 heavy (non-hydrogen) atoms. The lowest BCUT2D eigenvalue weighted by Gasteiger charge is -2.15. The first-order valence-corrected chi connectivity index (χ1v) is 8.76. The van der Waals surface area contributed by atoms with Gasteiger partial charge in [-0.25, -0.2) is 4.98 Å². The molecule has 1 fully saturated rings. The Bertz CT molecular complexity index is 688. The molecule has 126 valence electrons. The van der Waals surface area contributed by atoms with Crippen molar-refractivity contribution in [1.29, 1.82) is 0 Å². The fraction of sp³-hybridized carbons (Fsp3) is 0.400. The number of amides is 1. The lowest BCUT2D eigenvalue weighted by atomic mass is 10.0. The number of nitrogens with one attached hydrogen (secondary N) is 2. The molecule has 2 aromatic rings. The normalized spacial score (nSPS) is 14.8. The summed E-state index contributed by atoms with van der Waals surface area (Å²) in [4.78, 5) is 16.5. The van der Waals surface area contributed by atoms with Crippen LogP contribution < -0.4 is 10.6 Å². The molecule has 0 radical (unpaired) electrons. The monoisotopic (exact) mass is 323 g/mol. The minimum atomic E-state index is -0.0731. The van der Waals surface area contributed by atoms with Crippen molar-refractivity contribution in [3.8, 4) is 0 Å². The van der Waals surface area contributed by atoms with E-state index in [1.165, 1.54) is 18.4 Å². The third kappa shape index (κ3) is 3.94. The van der Waals surface area contributed by atoms with E-state index in [1.54, 1.807) is 12.3 Å². The molecular formula is C20H25N3O. The Morgan fingerprint density at radius 3 is 2.54 bits per heavy atom. The molecule has 4 heteroatoms. The smallest absolute Gasteiger partial charge is 0.270 e. The molecule has 0 bridgehead atoms. The molecule has 0 saturated heterocycles. The van der Waals surface area contributed by atoms with Gasteiger partial charge in [0, 0.05) is 11.7 Å². The van der Waals surface area contributed by atoms with Gasteiger partial charge in [0.2, 0.25) is 0 Å². The van der Waals surface area contributed by atoms with Gasteiger partial charge in [-0.1, -0.05) is 44.9 Å². The summed E-state index contributed by atoms with van der Waals surface area (Å²) in [7, 11) is 0. The second kappa shape index (κ2) is 7.47. The molecule has 1 saturated carbocycles. The lowest BCUT2D eigenvalue weighted by Crippen LogP contribution is -2.33. The summed E-state index contributed by atoms with van der Waals surface area (Å²) < 4.78 is 0. The quantitative estimate of drug-likeness (QED) is 0.844. The van der Waals surface area contributed by atoms with E-state index in [4.69, 9.17) is 0 Å². The predicted octanol–water partition coefficient (Wildman–Crippen LogP) is 4.62. The van der Waals surface area contributed by atoms with Crippen LogP contribution in [0.3, 0.4) is 0 Å². The molecule has 2 N–H and O–H groups in total. The highest BCUT2D eigenvalue weighted by atomic mass is 16.1. The average molecular weight is 323 g/mol. The van der Waals surface area contributed by atoms with Gasteiger partial charge in [0.25, 0.3) is 5.91 Å². The van der Waals surface area contributed by atoms with Crippen LogP contribution in [0.2, 0.25) is 0 Å². The zero-order chi connectivity index (χ0) is 16.9. The Balaban J connectivity index is 1.67. The van der Waals surface area contributed by atoms with Crippen LogP contribution >= 0.6 is 0 Å². The number of aromatic nitrogens is 1. The number of para-hydroxylation sites is 1. The number of rotatable bonds is 5. The van der Waals surface area contributed by atoms with Gasteiger partial charge in [-0.15, -0.1) is 0 Å². The van der Waals surface area contributed by atoms with Crippen molar-refractivity contribution in [3.63, 3.8) is 0 Å². The summed E-state index contributed by atoms with van der Waals surface area (Å²) in [5, 5.41) is 6.47. The van der Waals surface area contributed by atoms with Gasteiger partial charge in [-0.05, 0) is 42.5 Å². The summed E-state index contributed by atoms with van der Waals surface area (Å²) in [5.41, 5.74) is 3.71. The number of carbonyl (C=O) groups is 1. The van der Waals surface area contributed by atoms with Crippen molar-refractivity contribution in [2.75, 3.05) is 5.32 Å². The minimum Gasteiger partial charge on any atom is -0.354 e. The Morgan fingerprint density at radius 2 is 1.88 bits per heavy atom. The average Bonchev–Trinajstić information content (AvgIpc) is 3.09. The summed E-state index contributed by atoms with van der Waals surface area (Å²) in [6.07, 6.45) is 6.29. The first kappa shape index (κ1) is 16.5. The standard InChI is InChI=1S/C20H25N3O/c1-14(2)17-9-5-6-10-18(17)22-16-11-12-19(21-13-16)20(24)23-15-7-3-4-8-15/h5-6,9-15,22H,3-4,7-8H2,1-2H3,(H,23,24). The maximum atomic E-state index is 12.2. The van der Waals surface area contributed by atoms with Gasteiger partial charge in [0.1, 0.15) is 5.69 Å². The van der Waals surface area contributed by atoms with Gasteiger partial charge in [0.05, 0.1) is 11.9 Å². The van der Waals surface area contributed by atoms with Gasteiger partial charge in [-0.2, -0.15) is 0 Å². The second-order valence-corrected chi connectivity index (χ2v) is 6.75. The summed E-state index contributed by atoms with van der Waals surface area (Å²) in [6.45, 7) is 4.35. The number of nitrogens with zero attached hydrogens (tertiary/aromatic N) is 1. The van der Waals surface area contributed by atoms with Gasteiger partial charge in [-0.3, -0.25) is 4.79 Å². The number of benzene rings is 1. The van der Waals surface area contributed by atoms with Crippen LogP contribution in [0.4, 0.5) is 11.4 Å². The number of carbonyl (C=O) groups excluding carboxylic acids is 1. The molecule has 3 rings (SSSR count). The Morgan fingerprint density at radius 1 is 1.12 bits per heavy atom. The van der Waals surface area contributed by atoms with Crippen LogP contribution in [0.5, 0.6) is 0 Å². The number of pyridine rings is 1. The van der Waals surface area contributed by atoms with Crippen molar-refractivity contribution in [3.05, 3.63) is 53.9 Å². The summed E-state index contributed by atoms with van der Waals surface area (Å²) in [5.74, 6) is 0.370. The number of anilines is 2. The van der Waals surface area contributed by atoms with Crippen LogP contribution in [-0.4, -0.2) is 16.9 Å². The maximum absolute atomic E-state index is 12.2. The van der Waals surface area contributed by atoms with Crippen LogP contribution in [0.15, 0.2) is 42.6 Å². The Labute approximate surface area is 143 Å². The SMILES string of the molecule is CC(C)c1ccccc1Nc1ccc(C(=O)NC2CCCC2)nc1. The van der Waals surface area contributed by atoms with Crippen LogP contribution in [0, 0.1) is 0 Å². The molecule has 0 spiro atoms. The Kier molecular flexibility index (Phi) is 5.14. The molecule has 1 amide bonds. The van der Waals surface area contributed by atoms with Crippen LogP contribution in [-0.2, 0) is 0 Å². The number of hydrogen-bond acceptors (Lipinski definition) is 3. The van der Waals surface area contributed by atoms with Crippen LogP contribution in [0.1, 0.15) is 61.5 Å². The molecule has 1 aromatic heterocycles. The third-order valence-electron chi connectivity index (χ3n) is 4.55. The fourth-order valence-corrected chi connectivity index (χ4v) is 3.20. The fourth-order valence-electron chi connectivity index (χ4n) is 3.20. The molecule has 0 aliphatic heterocycles. The van der Waals surface area contributed by atoms with Crippen molar-refractivity contribution in [1.82, 2.24) is 10.3 Å². The van der Waals surface area contributed by atoms with Crippen molar-refractivity contribution >= 4 is 17.3 Å². The van der Waals surface area contributed by atoms with E-state index in [0.29, 0.717) is 17.7 Å². The second-order valence-electron chi connectivity index (χ2n) is 6.75. The van der Waals surface area contributed by atoms with E-state index in [0.717, 1.165) is 24.2 Å². The van der Waals surface area contributed by atoms with E-state index >= 15 is 0 Å². The molecule has 1 aromatic carbocycles. The molecule has 1 heterocycles. The van der Waals surface area contributed by atoms with E-state index in [2.05, 4.69) is 47.7 Å². The highest BCUT2D eigenvalue weighted by molar-refractivity contribution is 5.92. The molecule has 0 atom stereocenters. The zero-order valence-electron chi connectivity index (χ0n) is 14.4. The van der Waals surface area contributed by atoms with Crippen molar-refractivity contribution in [2.24, 2.45) is 0 Å². The van der Waals surface area contributed by atoms with E-state index in [9.17, 15) is 4.79 Å². The van der Waals surface area contributed by atoms with E-state index in [1.807, 2.05) is 12.1 Å². The molecule has 1 aliphatic rings. The highest BCUT2D eigenvalue weighted by Crippen LogP contribution is 2.26. The van der Waals surface area contributed by atoms with Gasteiger partial charge >= 0.3 is 0 Å². The van der Waals surface area contributed by atoms with Gasteiger partial charge in [0.15, 0.2) is 0 Å². The van der Waals surface area contributed by atoms with E-state index in [-0.39, 0.29) is 5.91 Å². The molecule has 4 nitrogen and oxygen atoms in total. The zero-order valence-corrected chi connectivity index (χ0v) is 14.4. The van der Waals surface area contributed by atoms with Crippen LogP contribution in [0.25, 0.3) is 0 Å². The van der Waals surface area contributed by atoms with Crippen molar-refractivity contribution in [2.45, 2.75) is 51.5 Å². The lowest BCUT2D eigenvalue weighted by molar-refractivity contribution is 0.0933. The first-order valence-electron chi connectivity index (χ1n) is 8.76. The highest BCUT2D eigenvalue weighted by Gasteiger charge is 2.18. The van der Waals surface area contributed by atoms with Gasteiger partial charge < -0.3 is 10.6 Å². The summed E-state index contributed by atoms with van der Waals surface area (Å²) in [6, 6.07) is 12.3. The minimum absolute atomic E-state index is 0.0731. The third-order valence-corrected chi connectivity index (χ3v) is 4.55.